The molecule has 3 rings (SSSR count). The van der Waals surface area contributed by atoms with Crippen LogP contribution in [0.1, 0.15) is 31.2 Å². The van der Waals surface area contributed by atoms with Gasteiger partial charge >= 0.3 is 0 Å². The number of carbonyl (C=O) groups is 2. The average Bonchev–Trinajstić information content (AvgIpc) is 2.58. The molecule has 1 aromatic rings. The van der Waals surface area contributed by atoms with E-state index >= 15 is 0 Å². The fourth-order valence-corrected chi connectivity index (χ4v) is 3.27. The van der Waals surface area contributed by atoms with Gasteiger partial charge in [0.25, 0.3) is 0 Å². The normalized spacial score (nSPS) is 29.6. The Hall–Kier alpha value is -1.64. The van der Waals surface area contributed by atoms with Crippen LogP contribution in [0.2, 0.25) is 0 Å². The maximum Gasteiger partial charge on any atom is 0.227 e. The molecule has 0 aromatic heterocycles. The van der Waals surface area contributed by atoms with E-state index in [-0.39, 0.29) is 23.0 Å². The van der Waals surface area contributed by atoms with Gasteiger partial charge in [0.2, 0.25) is 5.91 Å². The molecule has 1 aromatic carbocycles. The third-order valence-electron chi connectivity index (χ3n) is 4.50. The first kappa shape index (κ1) is 11.5. The van der Waals surface area contributed by atoms with Gasteiger partial charge in [0.15, 0.2) is 0 Å². The van der Waals surface area contributed by atoms with Crippen molar-refractivity contribution in [3.63, 3.8) is 0 Å². The lowest BCUT2D eigenvalue weighted by atomic mass is 9.61. The van der Waals surface area contributed by atoms with Crippen LogP contribution in [-0.4, -0.2) is 11.7 Å². The van der Waals surface area contributed by atoms with Gasteiger partial charge in [-0.1, -0.05) is 30.3 Å². The van der Waals surface area contributed by atoms with Crippen molar-refractivity contribution >= 4 is 11.7 Å². The predicted molar refractivity (Wildman–Crippen MR) is 67.7 cm³/mol. The lowest BCUT2D eigenvalue weighted by molar-refractivity contribution is -0.144. The number of hydrogen-bond acceptors (Lipinski definition) is 2. The third-order valence-corrected chi connectivity index (χ3v) is 4.50. The van der Waals surface area contributed by atoms with E-state index in [0.717, 1.165) is 24.8 Å². The largest absolute Gasteiger partial charge is 0.352 e. The van der Waals surface area contributed by atoms with E-state index in [1.54, 1.807) is 0 Å². The third kappa shape index (κ3) is 1.65. The summed E-state index contributed by atoms with van der Waals surface area (Å²) in [5.41, 5.74) is 0.744. The molecule has 1 amide bonds. The van der Waals surface area contributed by atoms with E-state index in [2.05, 4.69) is 5.32 Å². The predicted octanol–water partition coefficient (Wildman–Crippen LogP) is 2.06. The molecule has 1 N–H and O–H groups in total. The molecule has 0 bridgehead atoms. The number of Topliss-reactive ketones (excluding diaryl/α,β-unsaturated/α-hetero) is 1. The Bertz CT molecular complexity index is 483. The van der Waals surface area contributed by atoms with Gasteiger partial charge in [-0.15, -0.1) is 0 Å². The van der Waals surface area contributed by atoms with Gasteiger partial charge in [0.05, 0.1) is 5.41 Å². The van der Waals surface area contributed by atoms with Gasteiger partial charge in [-0.3, -0.25) is 9.59 Å². The minimum Gasteiger partial charge on any atom is -0.352 e. The van der Waals surface area contributed by atoms with Crippen molar-refractivity contribution < 1.29 is 9.59 Å². The number of amides is 1. The lowest BCUT2D eigenvalue weighted by Crippen LogP contribution is -2.50. The number of ketones is 1. The summed E-state index contributed by atoms with van der Waals surface area (Å²) < 4.78 is 0. The van der Waals surface area contributed by atoms with Crippen molar-refractivity contribution in [1.29, 1.82) is 0 Å². The van der Waals surface area contributed by atoms with Gasteiger partial charge < -0.3 is 5.32 Å². The van der Waals surface area contributed by atoms with Gasteiger partial charge in [-0.05, 0) is 24.8 Å². The molecule has 0 heterocycles. The minimum absolute atomic E-state index is 0.00766. The molecule has 3 nitrogen and oxygen atoms in total. The number of hydrogen-bond donors (Lipinski definition) is 1. The molecule has 2 fully saturated rings. The van der Waals surface area contributed by atoms with Crippen molar-refractivity contribution in [2.75, 3.05) is 0 Å². The fraction of sp³-hybridized carbons (Fsp3) is 0.467. The highest BCUT2D eigenvalue weighted by atomic mass is 16.2. The van der Waals surface area contributed by atoms with Crippen molar-refractivity contribution in [3.05, 3.63) is 35.9 Å². The molecule has 2 aliphatic carbocycles. The van der Waals surface area contributed by atoms with Crippen LogP contribution in [0.5, 0.6) is 0 Å². The van der Waals surface area contributed by atoms with Crippen molar-refractivity contribution in [2.24, 2.45) is 11.3 Å². The molecule has 0 radical (unpaired) electrons. The molecule has 2 aliphatic rings. The summed E-state index contributed by atoms with van der Waals surface area (Å²) in [6, 6.07) is 9.88. The summed E-state index contributed by atoms with van der Waals surface area (Å²) in [6.07, 6.45) is 3.11. The standard InChI is InChI=1S/C15H17NO2/c17-13-7-9-15(8-6-12(13)15)14(18)16-10-11-4-2-1-3-5-11/h1-5,12H,6-10H2,(H,16,18)/t12-,15-/m0/s1. The molecular formula is C15H17NO2. The lowest BCUT2D eigenvalue weighted by Gasteiger charge is -2.42. The number of nitrogens with one attached hydrogen (secondary N) is 1. The molecular weight excluding hydrogens is 226 g/mol. The van der Waals surface area contributed by atoms with E-state index in [9.17, 15) is 9.59 Å². The quantitative estimate of drug-likeness (QED) is 0.883. The Balaban J connectivity index is 1.64. The fourth-order valence-electron chi connectivity index (χ4n) is 3.27. The summed E-state index contributed by atoms with van der Waals surface area (Å²) in [7, 11) is 0. The first-order valence-corrected chi connectivity index (χ1v) is 6.57. The van der Waals surface area contributed by atoms with E-state index in [0.29, 0.717) is 13.0 Å². The van der Waals surface area contributed by atoms with Crippen LogP contribution < -0.4 is 5.32 Å². The molecule has 0 unspecified atom stereocenters. The summed E-state index contributed by atoms with van der Waals surface area (Å²) in [5.74, 6) is 0.373. The highest BCUT2D eigenvalue weighted by Crippen LogP contribution is 2.55. The van der Waals surface area contributed by atoms with E-state index in [1.165, 1.54) is 0 Å². The number of benzene rings is 1. The zero-order valence-corrected chi connectivity index (χ0v) is 10.3. The van der Waals surface area contributed by atoms with Gasteiger partial charge in [0.1, 0.15) is 5.78 Å². The van der Waals surface area contributed by atoms with E-state index < -0.39 is 0 Å². The molecule has 2 atom stereocenters. The molecule has 2 saturated carbocycles. The second-order valence-electron chi connectivity index (χ2n) is 5.38. The van der Waals surface area contributed by atoms with Crippen molar-refractivity contribution in [1.82, 2.24) is 5.32 Å². The Morgan fingerprint density at radius 2 is 2.06 bits per heavy atom. The molecule has 94 valence electrons. The summed E-state index contributed by atoms with van der Waals surface area (Å²) >= 11 is 0. The van der Waals surface area contributed by atoms with Gasteiger partial charge in [-0.2, -0.15) is 0 Å². The Morgan fingerprint density at radius 1 is 1.28 bits per heavy atom. The van der Waals surface area contributed by atoms with Crippen LogP contribution in [0.3, 0.4) is 0 Å². The summed E-state index contributed by atoms with van der Waals surface area (Å²) in [5, 5.41) is 2.99. The van der Waals surface area contributed by atoms with Crippen molar-refractivity contribution in [2.45, 2.75) is 32.2 Å². The highest BCUT2D eigenvalue weighted by Gasteiger charge is 2.58. The molecule has 0 saturated heterocycles. The topological polar surface area (TPSA) is 46.2 Å². The summed E-state index contributed by atoms with van der Waals surface area (Å²) in [6.45, 7) is 0.558. The monoisotopic (exact) mass is 243 g/mol. The van der Waals surface area contributed by atoms with Crippen LogP contribution in [0.4, 0.5) is 0 Å². The summed E-state index contributed by atoms with van der Waals surface area (Å²) in [4.78, 5) is 23.9. The number of rotatable bonds is 3. The first-order valence-electron chi connectivity index (χ1n) is 6.57. The average molecular weight is 243 g/mol. The Labute approximate surface area is 107 Å². The first-order chi connectivity index (χ1) is 8.72. The maximum absolute atomic E-state index is 12.3. The van der Waals surface area contributed by atoms with Crippen molar-refractivity contribution in [3.8, 4) is 0 Å². The van der Waals surface area contributed by atoms with Crippen LogP contribution >= 0.6 is 0 Å². The van der Waals surface area contributed by atoms with Gasteiger partial charge in [0, 0.05) is 18.9 Å². The maximum atomic E-state index is 12.3. The Morgan fingerprint density at radius 3 is 2.67 bits per heavy atom. The van der Waals surface area contributed by atoms with Crippen LogP contribution in [0.15, 0.2) is 30.3 Å². The van der Waals surface area contributed by atoms with Crippen LogP contribution in [0.25, 0.3) is 0 Å². The molecule has 0 aliphatic heterocycles. The molecule has 18 heavy (non-hydrogen) atoms. The Kier molecular flexibility index (Phi) is 2.69. The smallest absolute Gasteiger partial charge is 0.227 e. The highest BCUT2D eigenvalue weighted by molar-refractivity contribution is 5.96. The zero-order valence-electron chi connectivity index (χ0n) is 10.3. The minimum atomic E-state index is -0.355. The second-order valence-corrected chi connectivity index (χ2v) is 5.38. The number of carbonyl (C=O) groups excluding carboxylic acids is 2. The number of fused-ring (bicyclic) bond motifs is 1. The van der Waals surface area contributed by atoms with E-state index in [1.807, 2.05) is 30.3 Å². The SMILES string of the molecule is O=C1CC[C@@]2(C(=O)NCc3ccccc3)CC[C@@H]12. The second kappa shape index (κ2) is 4.23. The molecule has 3 heteroatoms. The van der Waals surface area contributed by atoms with Crippen LogP contribution in [0, 0.1) is 11.3 Å². The van der Waals surface area contributed by atoms with Crippen LogP contribution in [-0.2, 0) is 16.1 Å². The van der Waals surface area contributed by atoms with E-state index in [4.69, 9.17) is 0 Å². The molecule has 0 spiro atoms. The van der Waals surface area contributed by atoms with Gasteiger partial charge in [-0.25, -0.2) is 0 Å². The zero-order chi connectivity index (χ0) is 12.6.